The monoisotopic (exact) mass is 346 g/mol. The number of hydrogen-bond acceptors (Lipinski definition) is 5. The lowest BCUT2D eigenvalue weighted by Gasteiger charge is -2.35. The molecule has 25 heavy (non-hydrogen) atoms. The molecule has 0 aliphatic carbocycles. The second-order valence-corrected chi connectivity index (χ2v) is 7.56. The molecule has 0 spiro atoms. The van der Waals surface area contributed by atoms with Crippen LogP contribution in [0.3, 0.4) is 0 Å². The first-order valence-electron chi connectivity index (χ1n) is 8.77. The summed E-state index contributed by atoms with van der Waals surface area (Å²) < 4.78 is 5.33. The summed E-state index contributed by atoms with van der Waals surface area (Å²) in [5.41, 5.74) is -0.192. The molecule has 0 bridgehead atoms. The third-order valence-corrected chi connectivity index (χ3v) is 4.42. The molecule has 0 aromatic carbocycles. The van der Waals surface area contributed by atoms with Crippen molar-refractivity contribution in [3.8, 4) is 0 Å². The molecule has 2 aromatic rings. The van der Waals surface area contributed by atoms with Gasteiger partial charge in [-0.2, -0.15) is 4.98 Å². The van der Waals surface area contributed by atoms with Crippen molar-refractivity contribution in [3.63, 3.8) is 0 Å². The third-order valence-electron chi connectivity index (χ3n) is 4.42. The van der Waals surface area contributed by atoms with E-state index in [2.05, 4.69) is 25.4 Å². The number of piperidine rings is 1. The van der Waals surface area contributed by atoms with E-state index in [0.717, 1.165) is 25.1 Å². The topological polar surface area (TPSA) is 99.9 Å². The normalized spacial score (nSPS) is 19.7. The van der Waals surface area contributed by atoms with Gasteiger partial charge in [0, 0.05) is 24.4 Å². The van der Waals surface area contributed by atoms with E-state index in [1.54, 1.807) is 12.4 Å². The van der Waals surface area contributed by atoms with Gasteiger partial charge in [-0.1, -0.05) is 25.9 Å². The molecular weight excluding hydrogens is 320 g/mol. The van der Waals surface area contributed by atoms with Gasteiger partial charge in [0.25, 0.3) is 0 Å². The molecule has 3 rings (SSSR count). The van der Waals surface area contributed by atoms with Crippen molar-refractivity contribution in [2.75, 3.05) is 6.54 Å². The Hall–Kier alpha value is -2.38. The number of nitrogens with zero attached hydrogens (tertiary/aromatic N) is 4. The van der Waals surface area contributed by atoms with Gasteiger partial charge in [-0.25, -0.2) is 9.78 Å². The van der Waals surface area contributed by atoms with Crippen LogP contribution < -0.4 is 5.32 Å². The average Bonchev–Trinajstić information content (AvgIpc) is 3.26. The minimum atomic E-state index is -0.352. The second-order valence-electron chi connectivity index (χ2n) is 7.56. The van der Waals surface area contributed by atoms with Gasteiger partial charge in [-0.05, 0) is 26.2 Å². The molecule has 1 aliphatic rings. The number of imidazole rings is 1. The van der Waals surface area contributed by atoms with Crippen LogP contribution in [0.15, 0.2) is 16.9 Å². The number of carbonyl (C=O) groups is 1. The summed E-state index contributed by atoms with van der Waals surface area (Å²) in [6.45, 7) is 8.62. The summed E-state index contributed by atoms with van der Waals surface area (Å²) in [6, 6.07) is -0.511. The largest absolute Gasteiger partial charge is 0.347 e. The van der Waals surface area contributed by atoms with Crippen molar-refractivity contribution in [3.05, 3.63) is 29.9 Å². The van der Waals surface area contributed by atoms with Crippen molar-refractivity contribution in [2.24, 2.45) is 0 Å². The van der Waals surface area contributed by atoms with Crippen molar-refractivity contribution in [1.29, 1.82) is 0 Å². The Labute approximate surface area is 147 Å². The van der Waals surface area contributed by atoms with Crippen LogP contribution in [0.5, 0.6) is 0 Å². The number of nitrogens with one attached hydrogen (secondary N) is 2. The SMILES string of the molecule is C[C@@H](NC(=O)N1CCCC[C@H]1c1ncc[nH]1)c1nc(C(C)(C)C)no1. The number of urea groups is 1. The second kappa shape index (κ2) is 6.85. The lowest BCUT2D eigenvalue weighted by atomic mass is 9.96. The van der Waals surface area contributed by atoms with E-state index in [-0.39, 0.29) is 23.5 Å². The molecule has 3 heterocycles. The number of aromatic amines is 1. The summed E-state index contributed by atoms with van der Waals surface area (Å²) in [5, 5.41) is 6.99. The van der Waals surface area contributed by atoms with E-state index < -0.39 is 0 Å². The van der Waals surface area contributed by atoms with Crippen LogP contribution in [-0.2, 0) is 5.41 Å². The number of amides is 2. The van der Waals surface area contributed by atoms with E-state index in [9.17, 15) is 4.79 Å². The van der Waals surface area contributed by atoms with Crippen LogP contribution in [0.2, 0.25) is 0 Å². The first kappa shape index (κ1) is 17.4. The molecule has 0 saturated carbocycles. The van der Waals surface area contributed by atoms with Crippen LogP contribution >= 0.6 is 0 Å². The quantitative estimate of drug-likeness (QED) is 0.889. The predicted octanol–water partition coefficient (Wildman–Crippen LogP) is 3.09. The fraction of sp³-hybridized carbons (Fsp3) is 0.647. The molecule has 1 saturated heterocycles. The van der Waals surface area contributed by atoms with Gasteiger partial charge in [0.1, 0.15) is 11.9 Å². The Morgan fingerprint density at radius 3 is 2.88 bits per heavy atom. The Kier molecular flexibility index (Phi) is 4.78. The van der Waals surface area contributed by atoms with Gasteiger partial charge in [-0.15, -0.1) is 0 Å². The zero-order valence-electron chi connectivity index (χ0n) is 15.2. The van der Waals surface area contributed by atoms with E-state index in [1.807, 2.05) is 32.6 Å². The van der Waals surface area contributed by atoms with Gasteiger partial charge in [0.05, 0.1) is 6.04 Å². The molecule has 136 valence electrons. The van der Waals surface area contributed by atoms with Crippen LogP contribution in [-0.4, -0.2) is 37.6 Å². The highest BCUT2D eigenvalue weighted by Gasteiger charge is 2.31. The minimum absolute atomic E-state index is 0.0243. The summed E-state index contributed by atoms with van der Waals surface area (Å²) in [7, 11) is 0. The number of hydrogen-bond donors (Lipinski definition) is 2. The van der Waals surface area contributed by atoms with Crippen molar-refractivity contribution in [1.82, 2.24) is 30.3 Å². The van der Waals surface area contributed by atoms with Crippen molar-refractivity contribution in [2.45, 2.75) is 64.5 Å². The molecule has 8 nitrogen and oxygen atoms in total. The van der Waals surface area contributed by atoms with Crippen molar-refractivity contribution < 1.29 is 9.32 Å². The van der Waals surface area contributed by atoms with Crippen LogP contribution in [0.4, 0.5) is 4.79 Å². The van der Waals surface area contributed by atoms with Gasteiger partial charge >= 0.3 is 6.03 Å². The van der Waals surface area contributed by atoms with E-state index in [1.165, 1.54) is 0 Å². The summed E-state index contributed by atoms with van der Waals surface area (Å²) in [6.07, 6.45) is 6.49. The minimum Gasteiger partial charge on any atom is -0.347 e. The van der Waals surface area contributed by atoms with E-state index in [0.29, 0.717) is 18.3 Å². The molecule has 2 atom stereocenters. The Bertz CT molecular complexity index is 703. The summed E-state index contributed by atoms with van der Waals surface area (Å²) >= 11 is 0. The maximum absolute atomic E-state index is 12.8. The summed E-state index contributed by atoms with van der Waals surface area (Å²) in [5.74, 6) is 1.88. The first-order valence-corrected chi connectivity index (χ1v) is 8.77. The zero-order chi connectivity index (χ0) is 18.0. The van der Waals surface area contributed by atoms with E-state index >= 15 is 0 Å². The molecular formula is C17H26N6O2. The standard InChI is InChI=1S/C17H26N6O2/c1-11(14-21-15(22-25-14)17(2,3)4)20-16(24)23-10-6-5-7-12(23)13-18-8-9-19-13/h8-9,11-12H,5-7,10H2,1-4H3,(H,18,19)(H,20,24)/t11-,12+/m1/s1. The molecule has 2 N–H and O–H groups in total. The van der Waals surface area contributed by atoms with Gasteiger partial charge in [-0.3, -0.25) is 0 Å². The van der Waals surface area contributed by atoms with Gasteiger partial charge < -0.3 is 19.7 Å². The fourth-order valence-electron chi connectivity index (χ4n) is 2.96. The third kappa shape index (κ3) is 3.83. The highest BCUT2D eigenvalue weighted by Crippen LogP contribution is 2.29. The molecule has 2 amide bonds. The average molecular weight is 346 g/mol. The van der Waals surface area contributed by atoms with Crippen LogP contribution in [0.25, 0.3) is 0 Å². The number of rotatable bonds is 3. The van der Waals surface area contributed by atoms with Gasteiger partial charge in [0.15, 0.2) is 5.82 Å². The smallest absolute Gasteiger partial charge is 0.318 e. The van der Waals surface area contributed by atoms with Crippen molar-refractivity contribution >= 4 is 6.03 Å². The molecule has 0 unspecified atom stereocenters. The fourth-order valence-corrected chi connectivity index (χ4v) is 2.96. The first-order chi connectivity index (χ1) is 11.9. The molecule has 0 radical (unpaired) electrons. The Morgan fingerprint density at radius 2 is 2.24 bits per heavy atom. The lowest BCUT2D eigenvalue weighted by molar-refractivity contribution is 0.143. The lowest BCUT2D eigenvalue weighted by Crippen LogP contribution is -2.45. The highest BCUT2D eigenvalue weighted by atomic mass is 16.5. The predicted molar refractivity (Wildman–Crippen MR) is 91.8 cm³/mol. The number of likely N-dealkylation sites (tertiary alicyclic amines) is 1. The Balaban J connectivity index is 1.69. The maximum atomic E-state index is 12.8. The number of carbonyl (C=O) groups excluding carboxylic acids is 1. The van der Waals surface area contributed by atoms with Crippen LogP contribution in [0, 0.1) is 0 Å². The summed E-state index contributed by atoms with van der Waals surface area (Å²) in [4.78, 5) is 26.5. The zero-order valence-corrected chi connectivity index (χ0v) is 15.2. The Morgan fingerprint density at radius 1 is 1.44 bits per heavy atom. The molecule has 2 aromatic heterocycles. The molecule has 1 aliphatic heterocycles. The van der Waals surface area contributed by atoms with Crippen LogP contribution in [0.1, 0.15) is 76.6 Å². The highest BCUT2D eigenvalue weighted by molar-refractivity contribution is 5.75. The van der Waals surface area contributed by atoms with Gasteiger partial charge in [0.2, 0.25) is 5.89 Å². The molecule has 1 fully saturated rings. The molecule has 8 heteroatoms. The number of H-pyrrole nitrogens is 1. The van der Waals surface area contributed by atoms with E-state index in [4.69, 9.17) is 4.52 Å². The number of aromatic nitrogens is 4. The maximum Gasteiger partial charge on any atom is 0.318 e.